The summed E-state index contributed by atoms with van der Waals surface area (Å²) in [5.41, 5.74) is 1.24. The van der Waals surface area contributed by atoms with Crippen LogP contribution < -0.4 is 5.32 Å². The molecule has 0 spiro atoms. The first-order valence-electron chi connectivity index (χ1n) is 6.22. The molecule has 0 aliphatic heterocycles. The predicted octanol–water partition coefficient (Wildman–Crippen LogP) is 2.10. The van der Waals surface area contributed by atoms with Crippen molar-refractivity contribution in [2.75, 3.05) is 0 Å². The van der Waals surface area contributed by atoms with Gasteiger partial charge in [-0.3, -0.25) is 5.10 Å². The van der Waals surface area contributed by atoms with Gasteiger partial charge in [-0.25, -0.2) is 0 Å². The Morgan fingerprint density at radius 2 is 2.44 bits per heavy atom. The molecular weight excluding hydrogens is 198 g/mol. The molecule has 3 heteroatoms. The van der Waals surface area contributed by atoms with Crippen LogP contribution >= 0.6 is 0 Å². The van der Waals surface area contributed by atoms with E-state index >= 15 is 0 Å². The topological polar surface area (TPSA) is 40.7 Å². The number of aromatic amines is 1. The second-order valence-corrected chi connectivity index (χ2v) is 5.22. The Bertz CT molecular complexity index is 369. The minimum absolute atomic E-state index is 0.606. The minimum atomic E-state index is 0.606. The highest BCUT2D eigenvalue weighted by Gasteiger charge is 2.38. The van der Waals surface area contributed by atoms with Crippen LogP contribution in [0.1, 0.15) is 25.3 Å². The van der Waals surface area contributed by atoms with Crippen molar-refractivity contribution in [1.82, 2.24) is 15.5 Å². The third kappa shape index (κ3) is 1.80. The molecule has 3 rings (SSSR count). The van der Waals surface area contributed by atoms with Crippen LogP contribution in [0, 0.1) is 17.8 Å². The molecule has 4 unspecified atom stereocenters. The average molecular weight is 217 g/mol. The molecule has 2 aliphatic rings. The number of nitrogens with zero attached hydrogens (tertiary/aromatic N) is 1. The summed E-state index contributed by atoms with van der Waals surface area (Å²) in [5, 5.41) is 10.4. The van der Waals surface area contributed by atoms with Gasteiger partial charge in [0, 0.05) is 24.3 Å². The number of nitrogens with one attached hydrogen (secondary N) is 2. The molecule has 1 saturated carbocycles. The zero-order valence-electron chi connectivity index (χ0n) is 9.69. The number of H-pyrrole nitrogens is 1. The van der Waals surface area contributed by atoms with Crippen LogP contribution in [0.15, 0.2) is 24.5 Å². The number of allylic oxidation sites excluding steroid dienone is 2. The maximum Gasteiger partial charge on any atom is 0.0532 e. The third-order valence-corrected chi connectivity index (χ3v) is 4.16. The Hall–Kier alpha value is -1.09. The zero-order valence-corrected chi connectivity index (χ0v) is 9.69. The second-order valence-electron chi connectivity index (χ2n) is 5.22. The quantitative estimate of drug-likeness (QED) is 0.758. The van der Waals surface area contributed by atoms with Gasteiger partial charge in [-0.05, 0) is 37.5 Å². The van der Waals surface area contributed by atoms with Crippen molar-refractivity contribution >= 4 is 0 Å². The molecule has 3 nitrogen and oxygen atoms in total. The Morgan fingerprint density at radius 3 is 3.06 bits per heavy atom. The van der Waals surface area contributed by atoms with E-state index in [9.17, 15) is 0 Å². The molecule has 16 heavy (non-hydrogen) atoms. The Kier molecular flexibility index (Phi) is 2.56. The first-order valence-corrected chi connectivity index (χ1v) is 6.22. The Balaban J connectivity index is 1.54. The molecule has 4 atom stereocenters. The molecule has 2 bridgehead atoms. The lowest BCUT2D eigenvalue weighted by Crippen LogP contribution is -2.35. The van der Waals surface area contributed by atoms with Gasteiger partial charge < -0.3 is 5.32 Å². The van der Waals surface area contributed by atoms with E-state index in [0.717, 1.165) is 24.3 Å². The van der Waals surface area contributed by atoms with E-state index in [0.29, 0.717) is 6.04 Å². The van der Waals surface area contributed by atoms with Crippen LogP contribution in [0.2, 0.25) is 0 Å². The highest BCUT2D eigenvalue weighted by atomic mass is 15.1. The zero-order chi connectivity index (χ0) is 11.0. The van der Waals surface area contributed by atoms with Crippen molar-refractivity contribution in [3.63, 3.8) is 0 Å². The summed E-state index contributed by atoms with van der Waals surface area (Å²) in [6.45, 7) is 3.24. The molecule has 0 radical (unpaired) electrons. The Morgan fingerprint density at radius 1 is 1.50 bits per heavy atom. The van der Waals surface area contributed by atoms with Crippen molar-refractivity contribution in [3.8, 4) is 0 Å². The fourth-order valence-electron chi connectivity index (χ4n) is 3.20. The fourth-order valence-corrected chi connectivity index (χ4v) is 3.20. The summed E-state index contributed by atoms with van der Waals surface area (Å²) >= 11 is 0. The van der Waals surface area contributed by atoms with Gasteiger partial charge in [-0.2, -0.15) is 5.10 Å². The molecule has 0 amide bonds. The summed E-state index contributed by atoms with van der Waals surface area (Å²) in [5.74, 6) is 2.53. The molecule has 0 saturated heterocycles. The number of fused-ring (bicyclic) bond motifs is 2. The Labute approximate surface area is 96.3 Å². The lowest BCUT2D eigenvalue weighted by molar-refractivity contribution is 0.326. The van der Waals surface area contributed by atoms with Gasteiger partial charge in [-0.15, -0.1) is 0 Å². The van der Waals surface area contributed by atoms with E-state index in [-0.39, 0.29) is 0 Å². The van der Waals surface area contributed by atoms with E-state index in [1.165, 1.54) is 18.4 Å². The van der Waals surface area contributed by atoms with E-state index in [1.54, 1.807) is 0 Å². The maximum absolute atomic E-state index is 3.96. The highest BCUT2D eigenvalue weighted by molar-refractivity contribution is 5.12. The molecular formula is C13H19N3. The fraction of sp³-hybridized carbons (Fsp3) is 0.615. The summed E-state index contributed by atoms with van der Waals surface area (Å²) in [7, 11) is 0. The first kappa shape index (κ1) is 10.1. The van der Waals surface area contributed by atoms with Gasteiger partial charge in [0.25, 0.3) is 0 Å². The molecule has 0 aromatic carbocycles. The number of hydrogen-bond donors (Lipinski definition) is 2. The molecule has 1 fully saturated rings. The maximum atomic E-state index is 3.96. The molecule has 86 valence electrons. The molecule has 1 heterocycles. The summed E-state index contributed by atoms with van der Waals surface area (Å²) in [6, 6.07) is 0.606. The van der Waals surface area contributed by atoms with Crippen molar-refractivity contribution in [1.29, 1.82) is 0 Å². The largest absolute Gasteiger partial charge is 0.310 e. The van der Waals surface area contributed by atoms with Crippen molar-refractivity contribution in [3.05, 3.63) is 30.1 Å². The molecule has 1 aromatic heterocycles. The van der Waals surface area contributed by atoms with E-state index in [4.69, 9.17) is 0 Å². The van der Waals surface area contributed by atoms with Gasteiger partial charge in [0.05, 0.1) is 6.20 Å². The van der Waals surface area contributed by atoms with E-state index in [2.05, 4.69) is 34.6 Å². The van der Waals surface area contributed by atoms with Crippen molar-refractivity contribution in [2.45, 2.75) is 32.4 Å². The van der Waals surface area contributed by atoms with Crippen LogP contribution in [-0.2, 0) is 6.54 Å². The summed E-state index contributed by atoms with van der Waals surface area (Å²) in [4.78, 5) is 0. The van der Waals surface area contributed by atoms with Crippen LogP contribution in [0.25, 0.3) is 0 Å². The van der Waals surface area contributed by atoms with Crippen molar-refractivity contribution < 1.29 is 0 Å². The van der Waals surface area contributed by atoms with Gasteiger partial charge in [-0.1, -0.05) is 12.2 Å². The summed E-state index contributed by atoms with van der Waals surface area (Å²) in [6.07, 6.45) is 11.4. The normalized spacial score (nSPS) is 33.4. The predicted molar refractivity (Wildman–Crippen MR) is 63.7 cm³/mol. The number of rotatable bonds is 4. The van der Waals surface area contributed by atoms with Crippen LogP contribution in [0.3, 0.4) is 0 Å². The van der Waals surface area contributed by atoms with E-state index < -0.39 is 0 Å². The van der Waals surface area contributed by atoms with Gasteiger partial charge in [0.2, 0.25) is 0 Å². The third-order valence-electron chi connectivity index (χ3n) is 4.16. The number of hydrogen-bond acceptors (Lipinski definition) is 2. The smallest absolute Gasteiger partial charge is 0.0532 e. The summed E-state index contributed by atoms with van der Waals surface area (Å²) < 4.78 is 0. The standard InChI is InChI=1S/C13H19N3/c1-9(14-6-11-7-15-16-8-11)13-5-10-2-3-12(13)4-10/h2-3,7-10,12-14H,4-6H2,1H3,(H,15,16). The average Bonchev–Trinajstić information content (AvgIpc) is 3.01. The van der Waals surface area contributed by atoms with Crippen LogP contribution in [0.5, 0.6) is 0 Å². The van der Waals surface area contributed by atoms with Gasteiger partial charge in [0.15, 0.2) is 0 Å². The van der Waals surface area contributed by atoms with Gasteiger partial charge >= 0.3 is 0 Å². The minimum Gasteiger partial charge on any atom is -0.310 e. The lowest BCUT2D eigenvalue weighted by Gasteiger charge is -2.26. The SMILES string of the molecule is CC(NCc1cn[nH]c1)C1CC2C=CC1C2. The number of aromatic nitrogens is 2. The molecule has 2 N–H and O–H groups in total. The lowest BCUT2D eigenvalue weighted by atomic mass is 9.87. The van der Waals surface area contributed by atoms with Crippen LogP contribution in [0.4, 0.5) is 0 Å². The first-order chi connectivity index (χ1) is 7.83. The molecule has 1 aromatic rings. The van der Waals surface area contributed by atoms with E-state index in [1.807, 2.05) is 12.4 Å². The highest BCUT2D eigenvalue weighted by Crippen LogP contribution is 2.44. The van der Waals surface area contributed by atoms with Crippen LogP contribution in [-0.4, -0.2) is 16.2 Å². The van der Waals surface area contributed by atoms with Gasteiger partial charge in [0.1, 0.15) is 0 Å². The second kappa shape index (κ2) is 4.06. The molecule has 2 aliphatic carbocycles. The monoisotopic (exact) mass is 217 g/mol. The van der Waals surface area contributed by atoms with Crippen molar-refractivity contribution in [2.24, 2.45) is 17.8 Å².